The van der Waals surface area contributed by atoms with Gasteiger partial charge in [0.1, 0.15) is 19.3 Å². The van der Waals surface area contributed by atoms with Crippen LogP contribution in [-0.2, 0) is 65.4 Å². The van der Waals surface area contributed by atoms with E-state index in [4.69, 9.17) is 37.0 Å². The van der Waals surface area contributed by atoms with Crippen LogP contribution in [0.25, 0.3) is 0 Å². The molecule has 0 saturated carbocycles. The number of carbonyl (C=O) groups excluding carboxylic acids is 4. The van der Waals surface area contributed by atoms with Crippen LogP contribution in [0.5, 0.6) is 0 Å². The highest BCUT2D eigenvalue weighted by atomic mass is 31.2. The van der Waals surface area contributed by atoms with Gasteiger partial charge in [-0.1, -0.05) is 338 Å². The quantitative estimate of drug-likeness (QED) is 0.0222. The molecule has 0 rings (SSSR count). The lowest BCUT2D eigenvalue weighted by atomic mass is 10.0. The van der Waals surface area contributed by atoms with Crippen molar-refractivity contribution in [3.63, 3.8) is 0 Å². The molecule has 96 heavy (non-hydrogen) atoms. The standard InChI is InChI=1S/C77H150O17P2/c1-67(2)53-45-37-29-22-16-11-9-13-19-25-33-41-49-57-74(79)87-63-72(93-76(81)59-51-43-34-26-20-14-10-12-17-23-30-38-46-54-68(3)4)65-91-95(83,84)89-61-71(78)62-90-96(85,86)92-66-73(64-88-75(80)58-50-42-36-28-32-40-48-56-70(7)8)94-77(82)60-52-44-35-27-21-15-18-24-31-39-47-55-69(5)6/h67-73,78H,9-66H2,1-8H3,(H,83,84)(H,85,86)/t71?,72-,73-/m1/s1. The van der Waals surface area contributed by atoms with Gasteiger partial charge in [0.15, 0.2) is 12.2 Å². The molecule has 0 heterocycles. The Morgan fingerprint density at radius 3 is 0.646 bits per heavy atom. The number of phosphoric acid groups is 2. The van der Waals surface area contributed by atoms with E-state index in [2.05, 4.69) is 55.4 Å². The first kappa shape index (κ1) is 94.1. The number of rotatable bonds is 74. The van der Waals surface area contributed by atoms with Crippen LogP contribution in [0.4, 0.5) is 0 Å². The van der Waals surface area contributed by atoms with Gasteiger partial charge in [0.25, 0.3) is 0 Å². The minimum Gasteiger partial charge on any atom is -0.462 e. The molecule has 0 aromatic rings. The number of esters is 4. The third-order valence-electron chi connectivity index (χ3n) is 17.8. The fourth-order valence-electron chi connectivity index (χ4n) is 11.7. The van der Waals surface area contributed by atoms with Crippen molar-refractivity contribution in [1.82, 2.24) is 0 Å². The zero-order valence-electron chi connectivity index (χ0n) is 63.0. The van der Waals surface area contributed by atoms with Crippen LogP contribution in [-0.4, -0.2) is 96.7 Å². The van der Waals surface area contributed by atoms with Gasteiger partial charge in [0.05, 0.1) is 26.4 Å². The summed E-state index contributed by atoms with van der Waals surface area (Å²) >= 11 is 0. The summed E-state index contributed by atoms with van der Waals surface area (Å²) in [5.74, 6) is 0.929. The van der Waals surface area contributed by atoms with Crippen molar-refractivity contribution in [1.29, 1.82) is 0 Å². The van der Waals surface area contributed by atoms with Crippen molar-refractivity contribution in [3.8, 4) is 0 Å². The number of carbonyl (C=O) groups is 4. The highest BCUT2D eigenvalue weighted by Gasteiger charge is 2.30. The molecular weight excluding hydrogens is 1260 g/mol. The fourth-order valence-corrected chi connectivity index (χ4v) is 13.3. The van der Waals surface area contributed by atoms with E-state index in [1.165, 1.54) is 186 Å². The van der Waals surface area contributed by atoms with Gasteiger partial charge in [-0.25, -0.2) is 9.13 Å². The largest absolute Gasteiger partial charge is 0.472 e. The summed E-state index contributed by atoms with van der Waals surface area (Å²) in [6.45, 7) is 14.2. The first-order valence-electron chi connectivity index (χ1n) is 39.7. The average Bonchev–Trinajstić information content (AvgIpc) is 2.07. The third kappa shape index (κ3) is 70.5. The molecular formula is C77H150O17P2. The molecule has 0 aromatic heterocycles. The van der Waals surface area contributed by atoms with Gasteiger partial charge >= 0.3 is 39.5 Å². The van der Waals surface area contributed by atoms with E-state index in [1.54, 1.807) is 0 Å². The molecule has 0 aliphatic heterocycles. The monoisotopic (exact) mass is 1410 g/mol. The van der Waals surface area contributed by atoms with E-state index in [0.29, 0.717) is 31.6 Å². The first-order chi connectivity index (χ1) is 46.1. The van der Waals surface area contributed by atoms with Crippen LogP contribution in [0.2, 0.25) is 0 Å². The zero-order valence-corrected chi connectivity index (χ0v) is 64.8. The Balaban J connectivity index is 5.26. The molecule has 3 N–H and O–H groups in total. The zero-order chi connectivity index (χ0) is 71.0. The molecule has 19 heteroatoms. The maximum absolute atomic E-state index is 13.1. The van der Waals surface area contributed by atoms with E-state index in [-0.39, 0.29) is 25.7 Å². The van der Waals surface area contributed by atoms with Gasteiger partial charge in [0.2, 0.25) is 0 Å². The minimum absolute atomic E-state index is 0.105. The lowest BCUT2D eigenvalue weighted by Crippen LogP contribution is -2.30. The number of ether oxygens (including phenoxy) is 4. The highest BCUT2D eigenvalue weighted by molar-refractivity contribution is 7.47. The molecule has 17 nitrogen and oxygen atoms in total. The number of phosphoric ester groups is 2. The van der Waals surface area contributed by atoms with Gasteiger partial charge in [-0.2, -0.15) is 0 Å². The fraction of sp³-hybridized carbons (Fsp3) is 0.948. The molecule has 0 aliphatic rings. The predicted molar refractivity (Wildman–Crippen MR) is 391 cm³/mol. The molecule has 0 aliphatic carbocycles. The molecule has 0 aromatic carbocycles. The van der Waals surface area contributed by atoms with Gasteiger partial charge in [-0.15, -0.1) is 0 Å². The van der Waals surface area contributed by atoms with Crippen molar-refractivity contribution in [2.24, 2.45) is 23.7 Å². The molecule has 0 saturated heterocycles. The lowest BCUT2D eigenvalue weighted by molar-refractivity contribution is -0.161. The molecule has 5 atom stereocenters. The van der Waals surface area contributed by atoms with E-state index in [1.807, 2.05) is 0 Å². The summed E-state index contributed by atoms with van der Waals surface area (Å²) < 4.78 is 68.6. The molecule has 0 fully saturated rings. The average molecular weight is 1410 g/mol. The van der Waals surface area contributed by atoms with Crippen LogP contribution in [0.15, 0.2) is 0 Å². The Labute approximate surface area is 588 Å². The number of unbranched alkanes of at least 4 members (excludes halogenated alkanes) is 40. The van der Waals surface area contributed by atoms with Crippen LogP contribution < -0.4 is 0 Å². The molecule has 570 valence electrons. The molecule has 0 bridgehead atoms. The minimum atomic E-state index is -4.96. The maximum atomic E-state index is 13.1. The summed E-state index contributed by atoms with van der Waals surface area (Å²) in [5.41, 5.74) is 0. The second-order valence-electron chi connectivity index (χ2n) is 29.7. The molecule has 0 radical (unpaired) electrons. The summed E-state index contributed by atoms with van der Waals surface area (Å²) in [6.07, 6.45) is 51.3. The number of hydrogen-bond donors (Lipinski definition) is 3. The van der Waals surface area contributed by atoms with Gasteiger partial charge in [-0.3, -0.25) is 37.3 Å². The second-order valence-corrected chi connectivity index (χ2v) is 32.6. The van der Waals surface area contributed by atoms with E-state index in [9.17, 15) is 43.2 Å². The normalized spacial score (nSPS) is 14.1. The van der Waals surface area contributed by atoms with Crippen molar-refractivity contribution in [2.75, 3.05) is 39.6 Å². The van der Waals surface area contributed by atoms with Crippen LogP contribution in [0, 0.1) is 23.7 Å². The van der Waals surface area contributed by atoms with Gasteiger partial charge in [-0.05, 0) is 49.4 Å². The third-order valence-corrected chi connectivity index (χ3v) is 19.7. The highest BCUT2D eigenvalue weighted by Crippen LogP contribution is 2.45. The van der Waals surface area contributed by atoms with Gasteiger partial charge in [0, 0.05) is 25.7 Å². The predicted octanol–water partition coefficient (Wildman–Crippen LogP) is 22.4. The number of hydrogen-bond acceptors (Lipinski definition) is 15. The topological polar surface area (TPSA) is 237 Å². The maximum Gasteiger partial charge on any atom is 0.472 e. The van der Waals surface area contributed by atoms with Crippen molar-refractivity contribution in [3.05, 3.63) is 0 Å². The lowest BCUT2D eigenvalue weighted by Gasteiger charge is -2.21. The Hall–Kier alpha value is -1.94. The smallest absolute Gasteiger partial charge is 0.462 e. The number of aliphatic hydroxyl groups is 1. The van der Waals surface area contributed by atoms with Crippen LogP contribution in [0.3, 0.4) is 0 Å². The van der Waals surface area contributed by atoms with Crippen molar-refractivity contribution < 1.29 is 80.2 Å². The molecule has 0 amide bonds. The van der Waals surface area contributed by atoms with Crippen LogP contribution in [0.1, 0.15) is 389 Å². The van der Waals surface area contributed by atoms with Gasteiger partial charge < -0.3 is 33.8 Å². The Kier molecular flexibility index (Phi) is 65.0. The van der Waals surface area contributed by atoms with Crippen LogP contribution >= 0.6 is 15.6 Å². The molecule has 3 unspecified atom stereocenters. The Bertz CT molecular complexity index is 1880. The summed E-state index contributed by atoms with van der Waals surface area (Å²) in [7, 11) is -9.92. The summed E-state index contributed by atoms with van der Waals surface area (Å²) in [6, 6.07) is 0. The summed E-state index contributed by atoms with van der Waals surface area (Å²) in [4.78, 5) is 72.9. The van der Waals surface area contributed by atoms with E-state index in [0.717, 1.165) is 114 Å². The Morgan fingerprint density at radius 2 is 0.438 bits per heavy atom. The first-order valence-corrected chi connectivity index (χ1v) is 42.7. The second kappa shape index (κ2) is 66.3. The SMILES string of the molecule is CC(C)CCCCCCCCCCCCCCCC(=O)OC[C@H](COP(=O)(O)OCC(O)COP(=O)(O)OC[C@@H](COC(=O)CCCCCCCCCC(C)C)OC(=O)CCCCCCCCCCCCCC(C)C)OC(=O)CCCCCCCCCCCCCCCC(C)C. The number of aliphatic hydroxyl groups excluding tert-OH is 1. The van der Waals surface area contributed by atoms with E-state index < -0.39 is 97.5 Å². The van der Waals surface area contributed by atoms with Crippen molar-refractivity contribution >= 4 is 39.5 Å². The molecule has 0 spiro atoms. The van der Waals surface area contributed by atoms with E-state index >= 15 is 0 Å². The summed E-state index contributed by atoms with van der Waals surface area (Å²) in [5, 5.41) is 10.6. The van der Waals surface area contributed by atoms with Crippen molar-refractivity contribution in [2.45, 2.75) is 408 Å². The Morgan fingerprint density at radius 1 is 0.260 bits per heavy atom.